The normalized spacial score (nSPS) is 13.8. The molecule has 2 aromatic rings. The first-order valence-corrected chi connectivity index (χ1v) is 9.28. The Morgan fingerprint density at radius 3 is 2.41 bits per heavy atom. The zero-order valence-corrected chi connectivity index (χ0v) is 16.3. The van der Waals surface area contributed by atoms with Crippen molar-refractivity contribution >= 4 is 41.0 Å². The molecule has 9 heteroatoms. The summed E-state index contributed by atoms with van der Waals surface area (Å²) in [5.41, 5.74) is 0.266. The Labute approximate surface area is 172 Å². The van der Waals surface area contributed by atoms with Crippen LogP contribution in [0.15, 0.2) is 48.5 Å². The van der Waals surface area contributed by atoms with E-state index in [-0.39, 0.29) is 12.2 Å². The van der Waals surface area contributed by atoms with E-state index < -0.39 is 30.3 Å². The predicted octanol–water partition coefficient (Wildman–Crippen LogP) is 3.27. The average Bonchev–Trinajstić information content (AvgIpc) is 2.89. The summed E-state index contributed by atoms with van der Waals surface area (Å²) in [5, 5.41) is 2.94. The molecule has 0 spiro atoms. The number of ether oxygens (including phenoxy) is 1. The van der Waals surface area contributed by atoms with Crippen molar-refractivity contribution in [2.75, 3.05) is 18.4 Å². The molecule has 3 rings (SSSR count). The van der Waals surface area contributed by atoms with Gasteiger partial charge in [0, 0.05) is 11.6 Å². The highest BCUT2D eigenvalue weighted by Crippen LogP contribution is 2.32. The van der Waals surface area contributed by atoms with E-state index >= 15 is 0 Å². The average molecular weight is 416 g/mol. The third kappa shape index (κ3) is 4.55. The van der Waals surface area contributed by atoms with Gasteiger partial charge in [-0.1, -0.05) is 36.7 Å². The lowest BCUT2D eigenvalue weighted by molar-refractivity contribution is -0.143. The lowest BCUT2D eigenvalue weighted by atomic mass is 10.2. The van der Waals surface area contributed by atoms with Crippen LogP contribution < -0.4 is 10.1 Å². The van der Waals surface area contributed by atoms with Gasteiger partial charge >= 0.3 is 17.8 Å². The highest BCUT2D eigenvalue weighted by molar-refractivity contribution is 6.45. The van der Waals surface area contributed by atoms with Crippen LogP contribution in [-0.4, -0.2) is 46.6 Å². The summed E-state index contributed by atoms with van der Waals surface area (Å²) < 4.78 is 5.76. The number of nitrogens with zero attached hydrogens (tertiary/aromatic N) is 2. The van der Waals surface area contributed by atoms with Crippen molar-refractivity contribution in [2.24, 2.45) is 0 Å². The number of carbonyl (C=O) groups is 4. The van der Waals surface area contributed by atoms with Gasteiger partial charge in [-0.3, -0.25) is 19.3 Å². The molecular weight excluding hydrogens is 398 g/mol. The van der Waals surface area contributed by atoms with E-state index in [2.05, 4.69) is 5.32 Å². The number of anilines is 1. The van der Waals surface area contributed by atoms with Crippen molar-refractivity contribution < 1.29 is 23.9 Å². The molecule has 0 aromatic heterocycles. The van der Waals surface area contributed by atoms with E-state index in [0.29, 0.717) is 27.8 Å². The van der Waals surface area contributed by atoms with Crippen molar-refractivity contribution in [1.29, 1.82) is 0 Å². The van der Waals surface area contributed by atoms with E-state index in [9.17, 15) is 19.2 Å². The molecule has 1 fully saturated rings. The third-order valence-corrected chi connectivity index (χ3v) is 4.31. The lowest BCUT2D eigenvalue weighted by Crippen LogP contribution is -2.39. The van der Waals surface area contributed by atoms with E-state index in [4.69, 9.17) is 16.3 Å². The molecule has 1 saturated heterocycles. The fourth-order valence-electron chi connectivity index (χ4n) is 2.75. The number of halogens is 1. The lowest BCUT2D eigenvalue weighted by Gasteiger charge is -2.16. The molecule has 1 N–H and O–H groups in total. The van der Waals surface area contributed by atoms with Crippen LogP contribution in [0.3, 0.4) is 0 Å². The first-order valence-electron chi connectivity index (χ1n) is 8.90. The van der Waals surface area contributed by atoms with Gasteiger partial charge in [-0.05, 0) is 36.8 Å². The largest absolute Gasteiger partial charge is 0.455 e. The molecule has 0 unspecified atom stereocenters. The monoisotopic (exact) mass is 415 g/mol. The first kappa shape index (κ1) is 20.3. The summed E-state index contributed by atoms with van der Waals surface area (Å²) in [5.74, 6) is -1.74. The van der Waals surface area contributed by atoms with Gasteiger partial charge in [-0.25, -0.2) is 9.69 Å². The molecular formula is C20H18ClN3O5. The molecule has 2 aromatic carbocycles. The van der Waals surface area contributed by atoms with Crippen LogP contribution in [0.4, 0.5) is 10.5 Å². The minimum atomic E-state index is -1.02. The Hall–Kier alpha value is -3.39. The minimum Gasteiger partial charge on any atom is -0.455 e. The highest BCUT2D eigenvalue weighted by atomic mass is 35.5. The van der Waals surface area contributed by atoms with Crippen LogP contribution in [0.5, 0.6) is 11.5 Å². The number of imide groups is 2. The van der Waals surface area contributed by atoms with Crippen LogP contribution >= 0.6 is 11.6 Å². The summed E-state index contributed by atoms with van der Waals surface area (Å²) in [7, 11) is 0. The van der Waals surface area contributed by atoms with Gasteiger partial charge in [0.15, 0.2) is 5.75 Å². The second-order valence-electron chi connectivity index (χ2n) is 6.23. The summed E-state index contributed by atoms with van der Waals surface area (Å²) in [6, 6.07) is 12.8. The number of amides is 5. The van der Waals surface area contributed by atoms with Gasteiger partial charge < -0.3 is 10.1 Å². The third-order valence-electron chi connectivity index (χ3n) is 4.07. The van der Waals surface area contributed by atoms with Gasteiger partial charge in [0.25, 0.3) is 0 Å². The van der Waals surface area contributed by atoms with E-state index in [1.54, 1.807) is 43.3 Å². The van der Waals surface area contributed by atoms with E-state index in [1.807, 2.05) is 6.07 Å². The van der Waals surface area contributed by atoms with Crippen molar-refractivity contribution in [1.82, 2.24) is 9.80 Å². The predicted molar refractivity (Wildman–Crippen MR) is 106 cm³/mol. The minimum absolute atomic E-state index is 0.116. The maximum atomic E-state index is 12.5. The van der Waals surface area contributed by atoms with E-state index in [0.717, 1.165) is 4.90 Å². The Bertz CT molecular complexity index is 964. The highest BCUT2D eigenvalue weighted by Gasteiger charge is 2.44. The number of rotatable bonds is 7. The molecule has 0 radical (unpaired) electrons. The quantitative estimate of drug-likeness (QED) is 0.553. The molecule has 1 aliphatic rings. The molecule has 29 heavy (non-hydrogen) atoms. The zero-order valence-electron chi connectivity index (χ0n) is 15.6. The number of carbonyl (C=O) groups excluding carboxylic acids is 4. The topological polar surface area (TPSA) is 96.0 Å². The molecule has 1 aliphatic heterocycles. The van der Waals surface area contributed by atoms with Gasteiger partial charge in [-0.15, -0.1) is 0 Å². The summed E-state index contributed by atoms with van der Waals surface area (Å²) >= 11 is 6.02. The standard InChI is InChI=1S/C20H18ClN3O5/c1-2-10-23-18(26)19(27)24(20(23)28)12-17(25)22-15-11-13(21)8-9-16(15)29-14-6-4-3-5-7-14/h3-9,11H,2,10,12H2,1H3,(H,22,25). The Kier molecular flexibility index (Phi) is 6.13. The van der Waals surface area contributed by atoms with Gasteiger partial charge in [-0.2, -0.15) is 0 Å². The van der Waals surface area contributed by atoms with Crippen molar-refractivity contribution in [3.8, 4) is 11.5 Å². The SMILES string of the molecule is CCCN1C(=O)C(=O)N(CC(=O)Nc2cc(Cl)ccc2Oc2ccccc2)C1=O. The Morgan fingerprint density at radius 1 is 1.03 bits per heavy atom. The number of nitrogens with one attached hydrogen (secondary N) is 1. The maximum Gasteiger partial charge on any atom is 0.334 e. The van der Waals surface area contributed by atoms with Crippen LogP contribution in [0.1, 0.15) is 13.3 Å². The number of benzene rings is 2. The number of hydrogen-bond donors (Lipinski definition) is 1. The molecule has 150 valence electrons. The molecule has 1 heterocycles. The van der Waals surface area contributed by atoms with Crippen LogP contribution in [0.2, 0.25) is 5.02 Å². The van der Waals surface area contributed by atoms with E-state index in [1.165, 1.54) is 6.07 Å². The summed E-state index contributed by atoms with van der Waals surface area (Å²) in [6.07, 6.45) is 0.507. The Morgan fingerprint density at radius 2 is 1.72 bits per heavy atom. The van der Waals surface area contributed by atoms with Crippen molar-refractivity contribution in [3.05, 3.63) is 53.6 Å². The number of hydrogen-bond acceptors (Lipinski definition) is 5. The first-order chi connectivity index (χ1) is 13.9. The van der Waals surface area contributed by atoms with Gasteiger partial charge in [0.05, 0.1) is 5.69 Å². The fourth-order valence-corrected chi connectivity index (χ4v) is 2.92. The van der Waals surface area contributed by atoms with Crippen LogP contribution in [-0.2, 0) is 14.4 Å². The number of para-hydroxylation sites is 1. The van der Waals surface area contributed by atoms with Crippen molar-refractivity contribution in [2.45, 2.75) is 13.3 Å². The second-order valence-corrected chi connectivity index (χ2v) is 6.67. The van der Waals surface area contributed by atoms with Crippen LogP contribution in [0, 0.1) is 0 Å². The molecule has 0 atom stereocenters. The number of urea groups is 1. The fraction of sp³-hybridized carbons (Fsp3) is 0.200. The second kappa shape index (κ2) is 8.74. The van der Waals surface area contributed by atoms with Gasteiger partial charge in [0.2, 0.25) is 5.91 Å². The summed E-state index contributed by atoms with van der Waals surface area (Å²) in [4.78, 5) is 50.1. The molecule has 5 amide bonds. The smallest absolute Gasteiger partial charge is 0.334 e. The summed E-state index contributed by atoms with van der Waals surface area (Å²) in [6.45, 7) is 1.29. The zero-order chi connectivity index (χ0) is 21.0. The van der Waals surface area contributed by atoms with Crippen LogP contribution in [0.25, 0.3) is 0 Å². The Balaban J connectivity index is 1.74. The molecule has 0 bridgehead atoms. The molecule has 0 saturated carbocycles. The van der Waals surface area contributed by atoms with Crippen molar-refractivity contribution in [3.63, 3.8) is 0 Å². The van der Waals surface area contributed by atoms with Gasteiger partial charge in [0.1, 0.15) is 12.3 Å². The molecule has 0 aliphatic carbocycles. The molecule has 8 nitrogen and oxygen atoms in total. The maximum absolute atomic E-state index is 12.5.